The maximum atomic E-state index is 9.26. The van der Waals surface area contributed by atoms with Gasteiger partial charge in [-0.1, -0.05) is 23.4 Å². The Morgan fingerprint density at radius 1 is 1.12 bits per heavy atom. The van der Waals surface area contributed by atoms with Gasteiger partial charge in [0.05, 0.1) is 22.7 Å². The van der Waals surface area contributed by atoms with E-state index in [2.05, 4.69) is 26.0 Å². The van der Waals surface area contributed by atoms with E-state index in [1.54, 1.807) is 11.3 Å². The minimum atomic E-state index is 0.647. The quantitative estimate of drug-likeness (QED) is 0.720. The van der Waals surface area contributed by atoms with E-state index in [0.717, 1.165) is 42.3 Å². The number of piperazine rings is 1. The molecule has 0 radical (unpaired) electrons. The van der Waals surface area contributed by atoms with Crippen LogP contribution >= 0.6 is 11.3 Å². The molecule has 7 heteroatoms. The highest BCUT2D eigenvalue weighted by atomic mass is 32.1. The number of hydrogen-bond acceptors (Lipinski definition) is 7. The number of nitriles is 1. The smallest absolute Gasteiger partial charge is 0.241 e. The molecule has 1 aromatic carbocycles. The lowest BCUT2D eigenvalue weighted by Gasteiger charge is -2.35. The summed E-state index contributed by atoms with van der Waals surface area (Å²) in [4.78, 5) is 10.1. The second kappa shape index (κ2) is 7.05. The molecule has 1 fully saturated rings. The van der Waals surface area contributed by atoms with E-state index in [-0.39, 0.29) is 0 Å². The maximum absolute atomic E-state index is 9.26. The highest BCUT2D eigenvalue weighted by Gasteiger charge is 2.21. The second-order valence-corrected chi connectivity index (χ2v) is 6.83. The van der Waals surface area contributed by atoms with Crippen LogP contribution in [0.1, 0.15) is 11.5 Å². The molecule has 25 heavy (non-hydrogen) atoms. The zero-order valence-corrected chi connectivity index (χ0v) is 14.4. The molecule has 0 unspecified atom stereocenters. The van der Waals surface area contributed by atoms with Gasteiger partial charge in [0.25, 0.3) is 0 Å². The first-order valence-corrected chi connectivity index (χ1v) is 9.04. The van der Waals surface area contributed by atoms with Gasteiger partial charge in [0.2, 0.25) is 11.7 Å². The number of thiophene rings is 1. The first-order chi connectivity index (χ1) is 12.3. The Hall–Kier alpha value is -2.69. The van der Waals surface area contributed by atoms with Gasteiger partial charge in [0.15, 0.2) is 0 Å². The van der Waals surface area contributed by atoms with Gasteiger partial charge in [-0.05, 0) is 23.6 Å². The largest absolute Gasteiger partial charge is 0.368 e. The van der Waals surface area contributed by atoms with Crippen LogP contribution in [-0.4, -0.2) is 41.2 Å². The van der Waals surface area contributed by atoms with Crippen LogP contribution in [0.2, 0.25) is 0 Å². The average Bonchev–Trinajstić information content (AvgIpc) is 3.34. The third kappa shape index (κ3) is 3.40. The van der Waals surface area contributed by atoms with E-state index in [1.165, 1.54) is 0 Å². The molecule has 0 bridgehead atoms. The predicted molar refractivity (Wildman–Crippen MR) is 96.3 cm³/mol. The number of aromatic nitrogens is 2. The van der Waals surface area contributed by atoms with Crippen molar-refractivity contribution in [2.75, 3.05) is 31.1 Å². The third-order valence-corrected chi connectivity index (χ3v) is 5.17. The Balaban J connectivity index is 1.37. The molecule has 6 nitrogen and oxygen atoms in total. The fourth-order valence-corrected chi connectivity index (χ4v) is 3.66. The summed E-state index contributed by atoms with van der Waals surface area (Å²) in [6.07, 6.45) is 0. The summed E-state index contributed by atoms with van der Waals surface area (Å²) >= 11 is 1.61. The fraction of sp³-hybridized carbons (Fsp3) is 0.278. The molecule has 3 aromatic rings. The second-order valence-electron chi connectivity index (χ2n) is 5.88. The number of rotatable bonds is 4. The van der Waals surface area contributed by atoms with Crippen molar-refractivity contribution in [1.29, 1.82) is 5.26 Å². The summed E-state index contributed by atoms with van der Waals surface area (Å²) in [6.45, 7) is 4.22. The van der Waals surface area contributed by atoms with Crippen LogP contribution < -0.4 is 4.90 Å². The summed E-state index contributed by atoms with van der Waals surface area (Å²) in [6, 6.07) is 14.0. The van der Waals surface area contributed by atoms with Crippen molar-refractivity contribution in [2.24, 2.45) is 0 Å². The molecular weight excluding hydrogens is 334 g/mol. The summed E-state index contributed by atoms with van der Waals surface area (Å²) < 4.78 is 5.39. The molecule has 126 valence electrons. The lowest BCUT2D eigenvalue weighted by atomic mass is 10.1. The van der Waals surface area contributed by atoms with Crippen LogP contribution in [0, 0.1) is 11.3 Å². The highest BCUT2D eigenvalue weighted by molar-refractivity contribution is 7.13. The van der Waals surface area contributed by atoms with Gasteiger partial charge >= 0.3 is 0 Å². The van der Waals surface area contributed by atoms with Gasteiger partial charge < -0.3 is 9.42 Å². The molecular formula is C18H17N5OS. The van der Waals surface area contributed by atoms with Gasteiger partial charge in [-0.2, -0.15) is 10.2 Å². The minimum absolute atomic E-state index is 0.647. The van der Waals surface area contributed by atoms with E-state index in [4.69, 9.17) is 4.52 Å². The lowest BCUT2D eigenvalue weighted by molar-refractivity contribution is 0.215. The lowest BCUT2D eigenvalue weighted by Crippen LogP contribution is -2.46. The number of para-hydroxylation sites is 1. The number of nitrogens with zero attached hydrogens (tertiary/aromatic N) is 5. The standard InChI is InChI=1S/C18H17N5OS/c19-12-14-4-1-2-5-15(14)23-9-7-22(8-10-23)13-17-20-18(21-24-17)16-6-3-11-25-16/h1-6,11H,7-10,13H2. The fourth-order valence-electron chi connectivity index (χ4n) is 3.01. The Morgan fingerprint density at radius 3 is 2.72 bits per heavy atom. The van der Waals surface area contributed by atoms with E-state index < -0.39 is 0 Å². The summed E-state index contributed by atoms with van der Waals surface area (Å²) in [5.41, 5.74) is 1.75. The normalized spacial score (nSPS) is 15.2. The summed E-state index contributed by atoms with van der Waals surface area (Å²) in [5, 5.41) is 15.3. The van der Waals surface area contributed by atoms with Gasteiger partial charge in [-0.25, -0.2) is 0 Å². The molecule has 1 aliphatic rings. The van der Waals surface area contributed by atoms with Crippen LogP contribution in [0.4, 0.5) is 5.69 Å². The third-order valence-electron chi connectivity index (χ3n) is 4.31. The van der Waals surface area contributed by atoms with Crippen LogP contribution in [0.3, 0.4) is 0 Å². The van der Waals surface area contributed by atoms with Crippen molar-refractivity contribution < 1.29 is 4.52 Å². The van der Waals surface area contributed by atoms with E-state index in [9.17, 15) is 5.26 Å². The first kappa shape index (κ1) is 15.8. The summed E-state index contributed by atoms with van der Waals surface area (Å²) in [5.74, 6) is 1.31. The summed E-state index contributed by atoms with van der Waals surface area (Å²) in [7, 11) is 0. The van der Waals surface area contributed by atoms with Crippen molar-refractivity contribution in [3.8, 4) is 16.8 Å². The van der Waals surface area contributed by atoms with E-state index in [1.807, 2.05) is 41.8 Å². The first-order valence-electron chi connectivity index (χ1n) is 8.16. The molecule has 0 aliphatic carbocycles. The van der Waals surface area contributed by atoms with Crippen LogP contribution in [0.25, 0.3) is 10.7 Å². The van der Waals surface area contributed by atoms with Crippen molar-refractivity contribution >= 4 is 17.0 Å². The molecule has 1 aliphatic heterocycles. The average molecular weight is 351 g/mol. The molecule has 4 rings (SSSR count). The maximum Gasteiger partial charge on any atom is 0.241 e. The number of hydrogen-bond donors (Lipinski definition) is 0. The zero-order chi connectivity index (χ0) is 17.1. The van der Waals surface area contributed by atoms with Crippen molar-refractivity contribution in [3.05, 3.63) is 53.2 Å². The molecule has 0 spiro atoms. The highest BCUT2D eigenvalue weighted by Crippen LogP contribution is 2.23. The Kier molecular flexibility index (Phi) is 4.46. The van der Waals surface area contributed by atoms with Crippen LogP contribution in [0.15, 0.2) is 46.3 Å². The van der Waals surface area contributed by atoms with Crippen molar-refractivity contribution in [1.82, 2.24) is 15.0 Å². The zero-order valence-electron chi connectivity index (χ0n) is 13.6. The number of benzene rings is 1. The Bertz CT molecular complexity index is 875. The van der Waals surface area contributed by atoms with Crippen molar-refractivity contribution in [2.45, 2.75) is 6.54 Å². The van der Waals surface area contributed by atoms with E-state index in [0.29, 0.717) is 18.3 Å². The molecule has 0 amide bonds. The Morgan fingerprint density at radius 2 is 1.96 bits per heavy atom. The Labute approximate surface area is 149 Å². The molecule has 1 saturated heterocycles. The van der Waals surface area contributed by atoms with Gasteiger partial charge in [0.1, 0.15) is 6.07 Å². The topological polar surface area (TPSA) is 69.2 Å². The monoisotopic (exact) mass is 351 g/mol. The molecule has 0 atom stereocenters. The minimum Gasteiger partial charge on any atom is -0.368 e. The van der Waals surface area contributed by atoms with Gasteiger partial charge in [-0.3, -0.25) is 4.90 Å². The molecule has 2 aromatic heterocycles. The van der Waals surface area contributed by atoms with Gasteiger partial charge in [0, 0.05) is 26.2 Å². The molecule has 3 heterocycles. The SMILES string of the molecule is N#Cc1ccccc1N1CCN(Cc2nc(-c3cccs3)no2)CC1. The van der Waals surface area contributed by atoms with Gasteiger partial charge in [-0.15, -0.1) is 11.3 Å². The van der Waals surface area contributed by atoms with Crippen LogP contribution in [-0.2, 0) is 6.54 Å². The molecule has 0 saturated carbocycles. The molecule has 0 N–H and O–H groups in total. The van der Waals surface area contributed by atoms with Crippen LogP contribution in [0.5, 0.6) is 0 Å². The van der Waals surface area contributed by atoms with E-state index >= 15 is 0 Å². The predicted octanol–water partition coefficient (Wildman–Crippen LogP) is 2.99. The number of anilines is 1. The van der Waals surface area contributed by atoms with Crippen molar-refractivity contribution in [3.63, 3.8) is 0 Å².